The summed E-state index contributed by atoms with van der Waals surface area (Å²) >= 11 is 0. The maximum atomic E-state index is 12.3. The van der Waals surface area contributed by atoms with Gasteiger partial charge in [-0.3, -0.25) is 4.79 Å². The van der Waals surface area contributed by atoms with Crippen LogP contribution >= 0.6 is 0 Å². The number of aromatic nitrogens is 2. The minimum atomic E-state index is -0.114. The van der Waals surface area contributed by atoms with Crippen LogP contribution in [0.3, 0.4) is 0 Å². The quantitative estimate of drug-likeness (QED) is 0.726. The lowest BCUT2D eigenvalue weighted by Gasteiger charge is -2.09. The normalized spacial score (nSPS) is 14.5. The Morgan fingerprint density at radius 3 is 2.79 bits per heavy atom. The summed E-state index contributed by atoms with van der Waals surface area (Å²) < 4.78 is 5.42. The number of anilines is 1. The summed E-state index contributed by atoms with van der Waals surface area (Å²) in [4.78, 5) is 19.2. The van der Waals surface area contributed by atoms with Crippen LogP contribution in [0.1, 0.15) is 11.3 Å². The lowest BCUT2D eigenvalue weighted by Crippen LogP contribution is -2.03. The van der Waals surface area contributed by atoms with Gasteiger partial charge in [0.25, 0.3) is 5.91 Å². The Balaban J connectivity index is 1.78. The zero-order chi connectivity index (χ0) is 16.5. The Bertz CT molecular complexity index is 943. The third-order valence-corrected chi connectivity index (χ3v) is 4.04. The number of benzene rings is 2. The molecular formula is C19H15N3O2. The number of amides is 1. The van der Waals surface area contributed by atoms with Crippen molar-refractivity contribution in [2.24, 2.45) is 0 Å². The van der Waals surface area contributed by atoms with Gasteiger partial charge in [-0.1, -0.05) is 30.3 Å². The minimum Gasteiger partial charge on any atom is -0.496 e. The Kier molecular flexibility index (Phi) is 3.39. The summed E-state index contributed by atoms with van der Waals surface area (Å²) in [5.74, 6) is 0.687. The number of carbonyl (C=O) groups is 1. The number of H-pyrrole nitrogens is 1. The summed E-state index contributed by atoms with van der Waals surface area (Å²) in [5.41, 5.74) is 5.09. The third kappa shape index (κ3) is 2.36. The molecule has 0 unspecified atom stereocenters. The maximum Gasteiger partial charge on any atom is 0.256 e. The number of ether oxygens (including phenoxy) is 1. The molecule has 0 atom stereocenters. The Morgan fingerprint density at radius 1 is 1.12 bits per heavy atom. The molecule has 0 fully saturated rings. The van der Waals surface area contributed by atoms with Crippen molar-refractivity contribution < 1.29 is 9.53 Å². The molecule has 4 rings (SSSR count). The van der Waals surface area contributed by atoms with E-state index in [-0.39, 0.29) is 5.91 Å². The molecule has 1 aliphatic heterocycles. The molecule has 1 aromatic heterocycles. The Morgan fingerprint density at radius 2 is 2.00 bits per heavy atom. The number of hydrogen-bond acceptors (Lipinski definition) is 3. The second kappa shape index (κ2) is 5.70. The van der Waals surface area contributed by atoms with E-state index in [1.165, 1.54) is 0 Å². The van der Waals surface area contributed by atoms with Gasteiger partial charge in [-0.25, -0.2) is 4.98 Å². The van der Waals surface area contributed by atoms with E-state index in [1.807, 2.05) is 42.5 Å². The molecule has 0 aliphatic carbocycles. The van der Waals surface area contributed by atoms with Crippen molar-refractivity contribution in [2.75, 3.05) is 12.4 Å². The molecule has 0 bridgehead atoms. The number of rotatable bonds is 3. The first-order valence-electron chi connectivity index (χ1n) is 7.55. The fraction of sp³-hybridized carbons (Fsp3) is 0.0526. The standard InChI is InChI=1S/C19H15N3O2/c1-24-18-5-3-2-4-14(18)12-6-7-15-16(9-13-10-20-11-21-13)19(23)22-17(15)8-12/h2-11H,1H3,(H,20,21)(H,22,23). The van der Waals surface area contributed by atoms with E-state index in [1.54, 1.807) is 25.7 Å². The summed E-state index contributed by atoms with van der Waals surface area (Å²) in [6.07, 6.45) is 5.07. The number of para-hydroxylation sites is 1. The highest BCUT2D eigenvalue weighted by Crippen LogP contribution is 2.38. The van der Waals surface area contributed by atoms with E-state index >= 15 is 0 Å². The summed E-state index contributed by atoms with van der Waals surface area (Å²) in [5, 5.41) is 2.93. The van der Waals surface area contributed by atoms with Crippen LogP contribution in [0.5, 0.6) is 5.75 Å². The van der Waals surface area contributed by atoms with E-state index in [0.29, 0.717) is 5.57 Å². The lowest BCUT2D eigenvalue weighted by atomic mass is 9.99. The van der Waals surface area contributed by atoms with Gasteiger partial charge in [0.15, 0.2) is 0 Å². The SMILES string of the molecule is COc1ccccc1-c1ccc2c(c1)NC(=O)C2=Cc1cnc[nH]1. The Hall–Kier alpha value is -3.34. The van der Waals surface area contributed by atoms with Gasteiger partial charge in [0.1, 0.15) is 5.75 Å². The fourth-order valence-electron chi connectivity index (χ4n) is 2.89. The van der Waals surface area contributed by atoms with Crippen LogP contribution in [0.25, 0.3) is 22.8 Å². The molecule has 0 spiro atoms. The largest absolute Gasteiger partial charge is 0.496 e. The molecule has 1 amide bonds. The number of fused-ring (bicyclic) bond motifs is 1. The maximum absolute atomic E-state index is 12.3. The predicted molar refractivity (Wildman–Crippen MR) is 93.5 cm³/mol. The average molecular weight is 317 g/mol. The number of carbonyl (C=O) groups excluding carboxylic acids is 1. The number of methoxy groups -OCH3 is 1. The highest BCUT2D eigenvalue weighted by molar-refractivity contribution is 6.35. The molecule has 118 valence electrons. The van der Waals surface area contributed by atoms with Crippen LogP contribution in [0.4, 0.5) is 5.69 Å². The van der Waals surface area contributed by atoms with Crippen molar-refractivity contribution in [3.8, 4) is 16.9 Å². The van der Waals surface area contributed by atoms with Crippen molar-refractivity contribution in [3.05, 3.63) is 66.2 Å². The number of hydrogen-bond donors (Lipinski definition) is 2. The molecule has 3 aromatic rings. The summed E-state index contributed by atoms with van der Waals surface area (Å²) in [6.45, 7) is 0. The molecule has 2 heterocycles. The van der Waals surface area contributed by atoms with Crippen molar-refractivity contribution in [1.82, 2.24) is 9.97 Å². The summed E-state index contributed by atoms with van der Waals surface area (Å²) in [6, 6.07) is 13.7. The molecule has 1 aliphatic rings. The van der Waals surface area contributed by atoms with Gasteiger partial charge in [0.2, 0.25) is 0 Å². The number of imidazole rings is 1. The molecule has 2 aromatic carbocycles. The van der Waals surface area contributed by atoms with Gasteiger partial charge in [-0.2, -0.15) is 0 Å². The van der Waals surface area contributed by atoms with Crippen molar-refractivity contribution in [1.29, 1.82) is 0 Å². The smallest absolute Gasteiger partial charge is 0.256 e. The van der Waals surface area contributed by atoms with Crippen LogP contribution in [0.15, 0.2) is 55.0 Å². The van der Waals surface area contributed by atoms with Gasteiger partial charge >= 0.3 is 0 Å². The van der Waals surface area contributed by atoms with E-state index in [4.69, 9.17) is 4.74 Å². The highest BCUT2D eigenvalue weighted by Gasteiger charge is 2.24. The van der Waals surface area contributed by atoms with E-state index < -0.39 is 0 Å². The Labute approximate surface area is 139 Å². The fourth-order valence-corrected chi connectivity index (χ4v) is 2.89. The van der Waals surface area contributed by atoms with Gasteiger partial charge in [-0.05, 0) is 23.8 Å². The first-order chi connectivity index (χ1) is 11.8. The molecule has 0 saturated heterocycles. The number of aromatic amines is 1. The molecular weight excluding hydrogens is 302 g/mol. The van der Waals surface area contributed by atoms with Gasteiger partial charge in [0, 0.05) is 16.8 Å². The van der Waals surface area contributed by atoms with Crippen LogP contribution in [0, 0.1) is 0 Å². The topological polar surface area (TPSA) is 67.0 Å². The van der Waals surface area contributed by atoms with E-state index in [2.05, 4.69) is 15.3 Å². The number of nitrogens with one attached hydrogen (secondary N) is 2. The highest BCUT2D eigenvalue weighted by atomic mass is 16.5. The zero-order valence-corrected chi connectivity index (χ0v) is 13.0. The van der Waals surface area contributed by atoms with Crippen molar-refractivity contribution in [3.63, 3.8) is 0 Å². The third-order valence-electron chi connectivity index (χ3n) is 4.04. The second-order valence-electron chi connectivity index (χ2n) is 5.48. The molecule has 5 heteroatoms. The second-order valence-corrected chi connectivity index (χ2v) is 5.48. The van der Waals surface area contributed by atoms with Gasteiger partial charge < -0.3 is 15.0 Å². The van der Waals surface area contributed by atoms with Gasteiger partial charge in [-0.15, -0.1) is 0 Å². The average Bonchev–Trinajstić information content (AvgIpc) is 3.23. The molecule has 0 saturated carbocycles. The molecule has 5 nitrogen and oxygen atoms in total. The molecule has 0 radical (unpaired) electrons. The van der Waals surface area contributed by atoms with Crippen molar-refractivity contribution >= 4 is 23.2 Å². The molecule has 2 N–H and O–H groups in total. The van der Waals surface area contributed by atoms with Crippen molar-refractivity contribution in [2.45, 2.75) is 0 Å². The monoisotopic (exact) mass is 317 g/mol. The van der Waals surface area contributed by atoms with E-state index in [9.17, 15) is 4.79 Å². The minimum absolute atomic E-state index is 0.114. The first-order valence-corrected chi connectivity index (χ1v) is 7.55. The lowest BCUT2D eigenvalue weighted by molar-refractivity contribution is -0.110. The number of nitrogens with zero attached hydrogens (tertiary/aromatic N) is 1. The summed E-state index contributed by atoms with van der Waals surface area (Å²) in [7, 11) is 1.65. The van der Waals surface area contributed by atoms with Crippen LogP contribution in [-0.4, -0.2) is 23.0 Å². The molecule has 24 heavy (non-hydrogen) atoms. The predicted octanol–water partition coefficient (Wildman–Crippen LogP) is 3.58. The van der Waals surface area contributed by atoms with Crippen LogP contribution < -0.4 is 10.1 Å². The van der Waals surface area contributed by atoms with E-state index in [0.717, 1.165) is 33.8 Å². The van der Waals surface area contributed by atoms with Crippen LogP contribution in [-0.2, 0) is 4.79 Å². The first kappa shape index (κ1) is 14.3. The zero-order valence-electron chi connectivity index (χ0n) is 13.0. The van der Waals surface area contributed by atoms with Crippen LogP contribution in [0.2, 0.25) is 0 Å². The van der Waals surface area contributed by atoms with Gasteiger partial charge in [0.05, 0.1) is 30.9 Å².